The minimum atomic E-state index is -1.12. The van der Waals surface area contributed by atoms with Gasteiger partial charge in [-0.05, 0) is 69.9 Å². The van der Waals surface area contributed by atoms with Crippen LogP contribution in [0.5, 0.6) is 11.5 Å². The van der Waals surface area contributed by atoms with Gasteiger partial charge in [-0.25, -0.2) is 0 Å². The van der Waals surface area contributed by atoms with Crippen LogP contribution in [-0.4, -0.2) is 72.2 Å². The summed E-state index contributed by atoms with van der Waals surface area (Å²) >= 11 is 0. The molecular weight excluding hydrogens is 506 g/mol. The zero-order valence-corrected chi connectivity index (χ0v) is 24.3. The molecule has 3 heterocycles. The van der Waals surface area contributed by atoms with Crippen molar-refractivity contribution in [3.05, 3.63) is 59.3 Å². The summed E-state index contributed by atoms with van der Waals surface area (Å²) in [6.07, 6.45) is 1.72. The van der Waals surface area contributed by atoms with Crippen LogP contribution in [0.3, 0.4) is 0 Å². The highest BCUT2D eigenvalue weighted by atomic mass is 16.5. The van der Waals surface area contributed by atoms with Crippen LogP contribution >= 0.6 is 0 Å². The second-order valence-corrected chi connectivity index (χ2v) is 11.1. The van der Waals surface area contributed by atoms with Gasteiger partial charge < -0.3 is 29.0 Å². The molecule has 8 nitrogen and oxygen atoms in total. The number of para-hydroxylation sites is 1. The van der Waals surface area contributed by atoms with E-state index >= 15 is 0 Å². The molecule has 0 spiro atoms. The maximum absolute atomic E-state index is 14.2. The average molecular weight is 548 g/mol. The number of ether oxygens (including phenoxy) is 3. The third-order valence-corrected chi connectivity index (χ3v) is 7.97. The lowest BCUT2D eigenvalue weighted by Crippen LogP contribution is -2.67. The molecule has 214 valence electrons. The predicted octanol–water partition coefficient (Wildman–Crippen LogP) is 5.20. The number of nitrogens with zero attached hydrogens (tertiary/aromatic N) is 2. The molecule has 2 amide bonds. The lowest BCUT2D eigenvalue weighted by molar-refractivity contribution is -0.166. The van der Waals surface area contributed by atoms with Crippen LogP contribution in [0.4, 0.5) is 0 Å². The van der Waals surface area contributed by atoms with Crippen LogP contribution in [0.2, 0.25) is 0 Å². The summed E-state index contributed by atoms with van der Waals surface area (Å²) < 4.78 is 17.6. The molecule has 3 aromatic rings. The molecule has 2 aliphatic rings. The molecular formula is C32H41N3O5. The molecule has 0 radical (unpaired) electrons. The summed E-state index contributed by atoms with van der Waals surface area (Å²) in [6.45, 7) is 12.5. The average Bonchev–Trinajstić information content (AvgIpc) is 3.34. The minimum absolute atomic E-state index is 0.0471. The van der Waals surface area contributed by atoms with E-state index in [1.54, 1.807) is 9.80 Å². The van der Waals surface area contributed by atoms with Crippen LogP contribution < -0.4 is 9.47 Å². The molecule has 1 unspecified atom stereocenters. The lowest BCUT2D eigenvalue weighted by atomic mass is 9.76. The van der Waals surface area contributed by atoms with E-state index in [0.29, 0.717) is 50.8 Å². The van der Waals surface area contributed by atoms with Crippen molar-refractivity contribution < 1.29 is 23.8 Å². The molecule has 1 fully saturated rings. The molecule has 1 saturated heterocycles. The van der Waals surface area contributed by atoms with Gasteiger partial charge in [0.1, 0.15) is 0 Å². The van der Waals surface area contributed by atoms with Crippen molar-refractivity contribution in [3.63, 3.8) is 0 Å². The second-order valence-electron chi connectivity index (χ2n) is 11.1. The lowest BCUT2D eigenvalue weighted by Gasteiger charge is -2.51. The van der Waals surface area contributed by atoms with Crippen LogP contribution in [0.25, 0.3) is 10.9 Å². The van der Waals surface area contributed by atoms with E-state index in [9.17, 15) is 9.59 Å². The predicted molar refractivity (Wildman–Crippen MR) is 155 cm³/mol. The highest BCUT2D eigenvalue weighted by Crippen LogP contribution is 2.49. The third-order valence-electron chi connectivity index (χ3n) is 7.97. The summed E-state index contributed by atoms with van der Waals surface area (Å²) in [6, 6.07) is 14.2. The SMILES string of the molecule is CCCOc1ccc(C2CN3C(=O)CN(CCCOC(C)C)C(=O)[C@]3(C)c3[nH]c4ccccc4c32)cc1OCC. The summed E-state index contributed by atoms with van der Waals surface area (Å²) in [7, 11) is 0. The Morgan fingerprint density at radius 2 is 1.85 bits per heavy atom. The largest absolute Gasteiger partial charge is 0.490 e. The fraction of sp³-hybridized carbons (Fsp3) is 0.500. The number of rotatable bonds is 11. The van der Waals surface area contributed by atoms with Gasteiger partial charge in [0.25, 0.3) is 5.91 Å². The van der Waals surface area contributed by atoms with E-state index in [2.05, 4.69) is 24.0 Å². The number of piperazine rings is 1. The molecule has 2 atom stereocenters. The van der Waals surface area contributed by atoms with Gasteiger partial charge in [0.05, 0.1) is 31.6 Å². The van der Waals surface area contributed by atoms with Crippen molar-refractivity contribution >= 4 is 22.7 Å². The van der Waals surface area contributed by atoms with E-state index in [1.807, 2.05) is 58.0 Å². The first-order valence-corrected chi connectivity index (χ1v) is 14.5. The number of carbonyl (C=O) groups is 2. The Labute approximate surface area is 236 Å². The number of hydrogen-bond donors (Lipinski definition) is 1. The van der Waals surface area contributed by atoms with Crippen molar-refractivity contribution in [1.82, 2.24) is 14.8 Å². The molecule has 0 aliphatic carbocycles. The van der Waals surface area contributed by atoms with Gasteiger partial charge >= 0.3 is 0 Å². The van der Waals surface area contributed by atoms with Crippen LogP contribution in [0, 0.1) is 0 Å². The molecule has 0 bridgehead atoms. The van der Waals surface area contributed by atoms with Gasteiger partial charge in [0.15, 0.2) is 17.0 Å². The van der Waals surface area contributed by atoms with E-state index in [0.717, 1.165) is 34.1 Å². The fourth-order valence-corrected chi connectivity index (χ4v) is 6.07. The Balaban J connectivity index is 1.57. The molecule has 0 saturated carbocycles. The zero-order chi connectivity index (χ0) is 28.4. The molecule has 40 heavy (non-hydrogen) atoms. The number of carbonyl (C=O) groups excluding carboxylic acids is 2. The molecule has 1 aromatic heterocycles. The number of H-pyrrole nitrogens is 1. The number of amides is 2. The first-order chi connectivity index (χ1) is 19.3. The number of nitrogens with one attached hydrogen (secondary N) is 1. The van der Waals surface area contributed by atoms with E-state index in [4.69, 9.17) is 14.2 Å². The second kappa shape index (κ2) is 11.5. The quantitative estimate of drug-likeness (QED) is 0.334. The van der Waals surface area contributed by atoms with Gasteiger partial charge in [-0.2, -0.15) is 0 Å². The van der Waals surface area contributed by atoms with Gasteiger partial charge in [0, 0.05) is 36.5 Å². The van der Waals surface area contributed by atoms with Crippen LogP contribution in [0.15, 0.2) is 42.5 Å². The van der Waals surface area contributed by atoms with E-state index in [1.165, 1.54) is 0 Å². The number of aromatic nitrogens is 1. The molecule has 5 rings (SSSR count). The van der Waals surface area contributed by atoms with Gasteiger partial charge in [-0.1, -0.05) is 31.2 Å². The van der Waals surface area contributed by atoms with Gasteiger partial charge in [0.2, 0.25) is 5.91 Å². The summed E-state index contributed by atoms with van der Waals surface area (Å²) in [5.41, 5.74) is 2.71. The summed E-state index contributed by atoms with van der Waals surface area (Å²) in [4.78, 5) is 34.9. The Bertz CT molecular complexity index is 1380. The molecule has 1 N–H and O–H groups in total. The minimum Gasteiger partial charge on any atom is -0.490 e. The zero-order valence-electron chi connectivity index (χ0n) is 24.3. The van der Waals surface area contributed by atoms with Crippen molar-refractivity contribution in [2.45, 2.75) is 65.0 Å². The molecule has 8 heteroatoms. The molecule has 2 aliphatic heterocycles. The van der Waals surface area contributed by atoms with Gasteiger partial charge in [-0.15, -0.1) is 0 Å². The summed E-state index contributed by atoms with van der Waals surface area (Å²) in [5, 5.41) is 1.07. The normalized spacial score (nSPS) is 20.7. The first-order valence-electron chi connectivity index (χ1n) is 14.5. The fourth-order valence-electron chi connectivity index (χ4n) is 6.07. The van der Waals surface area contributed by atoms with Crippen molar-refractivity contribution in [2.24, 2.45) is 0 Å². The Morgan fingerprint density at radius 1 is 1.05 bits per heavy atom. The van der Waals surface area contributed by atoms with Crippen LogP contribution in [0.1, 0.15) is 70.2 Å². The smallest absolute Gasteiger partial charge is 0.254 e. The standard InChI is InChI=1S/C32H41N3O5/c1-6-16-40-26-14-13-22(18-27(26)38-7-2)24-19-35-28(36)20-34(15-10-17-39-21(3)4)31(37)32(35,5)30-29(24)23-11-8-9-12-25(23)33-30/h8-9,11-14,18,21,24,33H,6-7,10,15-17,19-20H2,1-5H3/t24?,32-/m0/s1. The Morgan fingerprint density at radius 3 is 2.60 bits per heavy atom. The Kier molecular flexibility index (Phi) is 8.08. The highest BCUT2D eigenvalue weighted by Gasteiger charge is 2.56. The number of fused-ring (bicyclic) bond motifs is 5. The molecule has 2 aromatic carbocycles. The number of aromatic amines is 1. The first kappa shape index (κ1) is 28.0. The van der Waals surface area contributed by atoms with E-state index < -0.39 is 5.54 Å². The van der Waals surface area contributed by atoms with Crippen LogP contribution in [-0.2, 0) is 19.9 Å². The number of hydrogen-bond acceptors (Lipinski definition) is 5. The van der Waals surface area contributed by atoms with E-state index in [-0.39, 0.29) is 30.4 Å². The number of benzene rings is 2. The maximum Gasteiger partial charge on any atom is 0.254 e. The van der Waals surface area contributed by atoms with Gasteiger partial charge in [-0.3, -0.25) is 9.59 Å². The summed E-state index contributed by atoms with van der Waals surface area (Å²) in [5.74, 6) is 1.17. The topological polar surface area (TPSA) is 84.1 Å². The monoisotopic (exact) mass is 547 g/mol. The maximum atomic E-state index is 14.2. The van der Waals surface area contributed by atoms with Crippen molar-refractivity contribution in [3.8, 4) is 11.5 Å². The highest BCUT2D eigenvalue weighted by molar-refractivity contribution is 6.01. The van der Waals surface area contributed by atoms with Crippen molar-refractivity contribution in [1.29, 1.82) is 0 Å². The van der Waals surface area contributed by atoms with Crippen molar-refractivity contribution in [2.75, 3.05) is 39.5 Å². The third kappa shape index (κ3) is 4.94. The Hall–Kier alpha value is -3.52.